The first-order valence-corrected chi connectivity index (χ1v) is 10.6. The average molecular weight is 358 g/mol. The molecule has 2 aromatic rings. The zero-order valence-corrected chi connectivity index (χ0v) is 15.7. The highest BCUT2D eigenvalue weighted by Gasteiger charge is 2.25. The van der Waals surface area contributed by atoms with Crippen molar-refractivity contribution in [2.24, 2.45) is 0 Å². The van der Waals surface area contributed by atoms with Crippen molar-refractivity contribution in [2.45, 2.75) is 32.1 Å². The van der Waals surface area contributed by atoms with Crippen molar-refractivity contribution in [3.05, 3.63) is 16.8 Å². The molecule has 0 bridgehead atoms. The van der Waals surface area contributed by atoms with Crippen molar-refractivity contribution in [3.8, 4) is 0 Å². The molecule has 5 rings (SSSR count). The summed E-state index contributed by atoms with van der Waals surface area (Å²) in [5.41, 5.74) is 1.55. The number of aryl methyl sites for hydroxylation is 2. The Bertz CT molecular complexity index is 744. The van der Waals surface area contributed by atoms with E-state index < -0.39 is 0 Å². The van der Waals surface area contributed by atoms with E-state index in [0.29, 0.717) is 0 Å². The molecular weight excluding hydrogens is 330 g/mol. The van der Waals surface area contributed by atoms with Gasteiger partial charge in [-0.05, 0) is 50.8 Å². The molecule has 25 heavy (non-hydrogen) atoms. The molecule has 2 aromatic heterocycles. The van der Waals surface area contributed by atoms with E-state index in [9.17, 15) is 0 Å². The van der Waals surface area contributed by atoms with Gasteiger partial charge in [-0.3, -0.25) is 4.90 Å². The summed E-state index contributed by atoms with van der Waals surface area (Å²) < 4.78 is 0. The second kappa shape index (κ2) is 6.82. The maximum atomic E-state index is 4.71. The van der Waals surface area contributed by atoms with Crippen LogP contribution in [0.5, 0.6) is 0 Å². The van der Waals surface area contributed by atoms with E-state index in [1.165, 1.54) is 74.3 Å². The van der Waals surface area contributed by atoms with Crippen LogP contribution in [0.3, 0.4) is 0 Å². The summed E-state index contributed by atoms with van der Waals surface area (Å²) in [7, 11) is 0. The summed E-state index contributed by atoms with van der Waals surface area (Å²) in [6.07, 6.45) is 8.30. The summed E-state index contributed by atoms with van der Waals surface area (Å²) in [5.74, 6) is 1.20. The lowest BCUT2D eigenvalue weighted by atomic mass is 10.1. The Hall–Kier alpha value is -1.24. The first-order chi connectivity index (χ1) is 12.4. The molecule has 0 N–H and O–H groups in total. The van der Waals surface area contributed by atoms with Gasteiger partial charge in [0.1, 0.15) is 17.0 Å². The third-order valence-electron chi connectivity index (χ3n) is 6.08. The lowest BCUT2D eigenvalue weighted by molar-refractivity contribution is 0.215. The number of fused-ring (bicyclic) bond motifs is 3. The molecule has 134 valence electrons. The van der Waals surface area contributed by atoms with E-state index in [2.05, 4.69) is 19.7 Å². The van der Waals surface area contributed by atoms with Crippen LogP contribution in [0.25, 0.3) is 10.2 Å². The molecule has 0 atom stereocenters. The van der Waals surface area contributed by atoms with Crippen LogP contribution in [0.15, 0.2) is 6.33 Å². The fraction of sp³-hybridized carbons (Fsp3) is 0.684. The average Bonchev–Trinajstić information content (AvgIpc) is 3.37. The van der Waals surface area contributed by atoms with Crippen molar-refractivity contribution in [1.29, 1.82) is 0 Å². The van der Waals surface area contributed by atoms with Crippen molar-refractivity contribution in [2.75, 3.05) is 57.3 Å². The quantitative estimate of drug-likeness (QED) is 0.840. The Labute approximate surface area is 153 Å². The first kappa shape index (κ1) is 16.0. The molecule has 6 heteroatoms. The number of hydrogen-bond acceptors (Lipinski definition) is 6. The van der Waals surface area contributed by atoms with Crippen LogP contribution in [-0.2, 0) is 12.8 Å². The van der Waals surface area contributed by atoms with E-state index in [1.54, 1.807) is 16.8 Å². The van der Waals surface area contributed by atoms with E-state index >= 15 is 0 Å². The van der Waals surface area contributed by atoms with Crippen molar-refractivity contribution >= 4 is 27.4 Å². The van der Waals surface area contributed by atoms with Gasteiger partial charge < -0.3 is 9.80 Å². The maximum absolute atomic E-state index is 4.71. The molecule has 2 aliphatic heterocycles. The SMILES string of the molecule is c1nc(N2CCN(CCN3CCCC3)CC2)c2c3c(sc2n1)CCC3. The second-order valence-corrected chi connectivity index (χ2v) is 8.70. The van der Waals surface area contributed by atoms with E-state index in [-0.39, 0.29) is 0 Å². The summed E-state index contributed by atoms with van der Waals surface area (Å²) in [6.45, 7) is 9.59. The van der Waals surface area contributed by atoms with Gasteiger partial charge in [-0.15, -0.1) is 11.3 Å². The van der Waals surface area contributed by atoms with Crippen LogP contribution >= 0.6 is 11.3 Å². The maximum Gasteiger partial charge on any atom is 0.141 e. The number of nitrogens with zero attached hydrogens (tertiary/aromatic N) is 5. The number of hydrogen-bond donors (Lipinski definition) is 0. The number of likely N-dealkylation sites (tertiary alicyclic amines) is 1. The predicted octanol–water partition coefficient (Wildman–Crippen LogP) is 2.40. The number of piperazine rings is 1. The minimum atomic E-state index is 1.09. The zero-order chi connectivity index (χ0) is 16.6. The van der Waals surface area contributed by atoms with Gasteiger partial charge in [-0.2, -0.15) is 0 Å². The Balaban J connectivity index is 1.27. The molecule has 0 aromatic carbocycles. The topological polar surface area (TPSA) is 35.5 Å². The number of anilines is 1. The molecule has 2 saturated heterocycles. The molecule has 1 aliphatic carbocycles. The van der Waals surface area contributed by atoms with Gasteiger partial charge in [0.15, 0.2) is 0 Å². The highest BCUT2D eigenvalue weighted by atomic mass is 32.1. The monoisotopic (exact) mass is 357 g/mol. The summed E-state index contributed by atoms with van der Waals surface area (Å²) in [6, 6.07) is 0. The summed E-state index contributed by atoms with van der Waals surface area (Å²) in [4.78, 5) is 19.8. The molecule has 0 saturated carbocycles. The van der Waals surface area contributed by atoms with Crippen LogP contribution in [0.1, 0.15) is 29.7 Å². The van der Waals surface area contributed by atoms with Gasteiger partial charge in [0.2, 0.25) is 0 Å². The van der Waals surface area contributed by atoms with Gasteiger partial charge in [0.25, 0.3) is 0 Å². The van der Waals surface area contributed by atoms with Crippen LogP contribution in [-0.4, -0.2) is 72.1 Å². The minimum absolute atomic E-state index is 1.09. The van der Waals surface area contributed by atoms with Crippen LogP contribution < -0.4 is 4.90 Å². The number of thiophene rings is 1. The second-order valence-electron chi connectivity index (χ2n) is 7.61. The molecule has 0 spiro atoms. The summed E-state index contributed by atoms with van der Waals surface area (Å²) in [5, 5.41) is 1.37. The molecule has 2 fully saturated rings. The van der Waals surface area contributed by atoms with Crippen LogP contribution in [0.4, 0.5) is 5.82 Å². The summed E-state index contributed by atoms with van der Waals surface area (Å²) >= 11 is 1.89. The van der Waals surface area contributed by atoms with Crippen LogP contribution in [0.2, 0.25) is 0 Å². The lowest BCUT2D eigenvalue weighted by Crippen LogP contribution is -2.48. The highest BCUT2D eigenvalue weighted by molar-refractivity contribution is 7.19. The normalized spacial score (nSPS) is 22.2. The third-order valence-corrected chi connectivity index (χ3v) is 7.28. The molecule has 5 nitrogen and oxygen atoms in total. The fourth-order valence-corrected chi connectivity index (χ4v) is 5.85. The Kier molecular flexibility index (Phi) is 4.36. The van der Waals surface area contributed by atoms with Crippen molar-refractivity contribution in [1.82, 2.24) is 19.8 Å². The predicted molar refractivity (Wildman–Crippen MR) is 104 cm³/mol. The number of aromatic nitrogens is 2. The van der Waals surface area contributed by atoms with Gasteiger partial charge in [0.05, 0.1) is 5.39 Å². The van der Waals surface area contributed by atoms with Crippen molar-refractivity contribution in [3.63, 3.8) is 0 Å². The molecule has 3 aliphatic rings. The van der Waals surface area contributed by atoms with Gasteiger partial charge in [-0.25, -0.2) is 9.97 Å². The smallest absolute Gasteiger partial charge is 0.141 e. The third kappa shape index (κ3) is 3.04. The Morgan fingerprint density at radius 3 is 2.40 bits per heavy atom. The van der Waals surface area contributed by atoms with E-state index in [4.69, 9.17) is 4.98 Å². The largest absolute Gasteiger partial charge is 0.353 e. The molecule has 4 heterocycles. The Morgan fingerprint density at radius 2 is 1.60 bits per heavy atom. The molecular formula is C19H27N5S. The Morgan fingerprint density at radius 1 is 0.840 bits per heavy atom. The molecule has 0 radical (unpaired) electrons. The lowest BCUT2D eigenvalue weighted by Gasteiger charge is -2.36. The number of rotatable bonds is 4. The molecule has 0 unspecified atom stereocenters. The minimum Gasteiger partial charge on any atom is -0.353 e. The van der Waals surface area contributed by atoms with Gasteiger partial charge in [0, 0.05) is 44.1 Å². The zero-order valence-electron chi connectivity index (χ0n) is 14.9. The van der Waals surface area contributed by atoms with Crippen LogP contribution in [0, 0.1) is 0 Å². The van der Waals surface area contributed by atoms with E-state index in [1.807, 2.05) is 11.3 Å². The van der Waals surface area contributed by atoms with Gasteiger partial charge >= 0.3 is 0 Å². The first-order valence-electron chi connectivity index (χ1n) is 9.83. The highest BCUT2D eigenvalue weighted by Crippen LogP contribution is 2.40. The molecule has 0 amide bonds. The van der Waals surface area contributed by atoms with E-state index in [0.717, 1.165) is 26.2 Å². The standard InChI is InChI=1S/C19H27N5S/c1-2-7-22(6-1)8-9-23-10-12-24(13-11-23)18-17-15-4-3-5-16(15)25-19(17)21-14-20-18/h14H,1-13H2. The van der Waals surface area contributed by atoms with Crippen molar-refractivity contribution < 1.29 is 0 Å². The van der Waals surface area contributed by atoms with Gasteiger partial charge in [-0.1, -0.05) is 0 Å². The fourth-order valence-electron chi connectivity index (χ4n) is 4.62.